The van der Waals surface area contributed by atoms with Crippen LogP contribution >= 0.6 is 0 Å². The third-order valence-corrected chi connectivity index (χ3v) is 4.48. The Morgan fingerprint density at radius 1 is 1.24 bits per heavy atom. The molecule has 9 heteroatoms. The van der Waals surface area contributed by atoms with Crippen LogP contribution < -0.4 is 21.1 Å². The molecule has 0 radical (unpaired) electrons. The van der Waals surface area contributed by atoms with Gasteiger partial charge in [0.1, 0.15) is 23.4 Å². The van der Waals surface area contributed by atoms with Gasteiger partial charge in [-0.05, 0) is 57.0 Å². The molecule has 1 saturated heterocycles. The van der Waals surface area contributed by atoms with E-state index < -0.39 is 6.10 Å². The number of rotatable bonds is 7. The van der Waals surface area contributed by atoms with E-state index in [1.54, 1.807) is 24.3 Å². The largest absolute Gasteiger partial charge is 0.497 e. The van der Waals surface area contributed by atoms with Crippen molar-refractivity contribution in [2.45, 2.75) is 52.2 Å². The van der Waals surface area contributed by atoms with Crippen molar-refractivity contribution in [3.8, 4) is 5.75 Å². The van der Waals surface area contributed by atoms with E-state index in [1.807, 2.05) is 20.8 Å². The van der Waals surface area contributed by atoms with Crippen molar-refractivity contribution in [1.29, 1.82) is 0 Å². The quantitative estimate of drug-likeness (QED) is 0.542. The molecule has 2 unspecified atom stereocenters. The summed E-state index contributed by atoms with van der Waals surface area (Å²) in [6.07, 6.45) is 3.47. The Kier molecular flexibility index (Phi) is 13.3. The van der Waals surface area contributed by atoms with Gasteiger partial charge in [-0.25, -0.2) is 4.39 Å². The number of aromatic nitrogens is 1. The van der Waals surface area contributed by atoms with E-state index in [2.05, 4.69) is 15.6 Å². The molecule has 0 spiro atoms. The first-order valence-corrected chi connectivity index (χ1v) is 11.1. The maximum Gasteiger partial charge on any atom is 0.269 e. The van der Waals surface area contributed by atoms with Crippen LogP contribution in [0.2, 0.25) is 0 Å². The van der Waals surface area contributed by atoms with Crippen LogP contribution in [-0.2, 0) is 9.53 Å². The molecule has 1 fully saturated rings. The molecular weight excluding hydrogens is 427 g/mol. The summed E-state index contributed by atoms with van der Waals surface area (Å²) in [4.78, 5) is 28.0. The van der Waals surface area contributed by atoms with Crippen LogP contribution in [0.25, 0.3) is 0 Å². The van der Waals surface area contributed by atoms with Crippen molar-refractivity contribution in [3.05, 3.63) is 54.1 Å². The van der Waals surface area contributed by atoms with E-state index in [0.717, 1.165) is 6.42 Å². The summed E-state index contributed by atoms with van der Waals surface area (Å²) in [5, 5.41) is 5.49. The molecule has 182 valence electrons. The molecule has 3 rings (SSSR count). The maximum atomic E-state index is 12.3. The minimum Gasteiger partial charge on any atom is -0.497 e. The summed E-state index contributed by atoms with van der Waals surface area (Å²) in [6.45, 7) is 6.97. The SMILES string of the molecule is CC.CC1CCC(C(=O)Nc2ccnc(C(=O)NCCCN)c2)O1.COc1cccc(F)c1. The standard InChI is InChI=1S/C15H22N4O3.C7H7FO.C2H6/c1-10-3-4-13(22-10)15(21)19-11-5-8-17-12(9-11)14(20)18-7-2-6-16;1-9-7-4-2-3-6(8)5-7;1-2/h5,8-10,13H,2-4,6-7,16H2,1H3,(H,18,20)(H,17,19,21);2-5H,1H3;1-2H3. The lowest BCUT2D eigenvalue weighted by Gasteiger charge is -2.12. The molecule has 2 aromatic rings. The van der Waals surface area contributed by atoms with Gasteiger partial charge >= 0.3 is 0 Å². The Labute approximate surface area is 195 Å². The zero-order valence-corrected chi connectivity index (χ0v) is 19.8. The number of nitrogens with zero attached hydrogens (tertiary/aromatic N) is 1. The normalized spacial score (nSPS) is 16.4. The third-order valence-electron chi connectivity index (χ3n) is 4.48. The van der Waals surface area contributed by atoms with Crippen molar-refractivity contribution in [3.63, 3.8) is 0 Å². The Morgan fingerprint density at radius 2 is 2.00 bits per heavy atom. The second kappa shape index (κ2) is 15.7. The highest BCUT2D eigenvalue weighted by Crippen LogP contribution is 2.20. The summed E-state index contributed by atoms with van der Waals surface area (Å²) in [5.74, 6) is -0.190. The summed E-state index contributed by atoms with van der Waals surface area (Å²) < 4.78 is 22.5. The number of hydrogen-bond acceptors (Lipinski definition) is 6. The molecule has 2 heterocycles. The summed E-state index contributed by atoms with van der Waals surface area (Å²) in [7, 11) is 1.51. The van der Waals surface area contributed by atoms with Gasteiger partial charge in [-0.3, -0.25) is 14.6 Å². The third kappa shape index (κ3) is 10.4. The van der Waals surface area contributed by atoms with E-state index in [-0.39, 0.29) is 29.4 Å². The van der Waals surface area contributed by atoms with Crippen molar-refractivity contribution in [2.75, 3.05) is 25.5 Å². The monoisotopic (exact) mass is 462 g/mol. The fraction of sp³-hybridized carbons (Fsp3) is 0.458. The number of halogens is 1. The van der Waals surface area contributed by atoms with E-state index in [0.29, 0.717) is 37.4 Å². The lowest BCUT2D eigenvalue weighted by molar-refractivity contribution is -0.126. The number of nitrogens with one attached hydrogen (secondary N) is 2. The fourth-order valence-electron chi connectivity index (χ4n) is 2.84. The van der Waals surface area contributed by atoms with Gasteiger partial charge in [0.2, 0.25) is 0 Å². The van der Waals surface area contributed by atoms with Gasteiger partial charge in [0, 0.05) is 24.5 Å². The molecule has 2 atom stereocenters. The van der Waals surface area contributed by atoms with Crippen LogP contribution in [0.3, 0.4) is 0 Å². The molecule has 8 nitrogen and oxygen atoms in total. The number of benzene rings is 1. The first kappa shape index (κ1) is 28.0. The maximum absolute atomic E-state index is 12.3. The number of carbonyl (C=O) groups excluding carboxylic acids is 2. The minimum absolute atomic E-state index is 0.108. The molecule has 0 bridgehead atoms. The molecule has 33 heavy (non-hydrogen) atoms. The number of nitrogens with two attached hydrogens (primary N) is 1. The first-order valence-electron chi connectivity index (χ1n) is 11.1. The number of hydrogen-bond donors (Lipinski definition) is 3. The van der Waals surface area contributed by atoms with Gasteiger partial charge in [0.05, 0.1) is 13.2 Å². The number of pyridine rings is 1. The van der Waals surface area contributed by atoms with Crippen molar-refractivity contribution < 1.29 is 23.5 Å². The molecule has 2 amide bonds. The van der Waals surface area contributed by atoms with Crippen LogP contribution in [0.5, 0.6) is 5.75 Å². The van der Waals surface area contributed by atoms with Gasteiger partial charge in [0.25, 0.3) is 11.8 Å². The Hall–Kier alpha value is -3.04. The first-order chi connectivity index (χ1) is 15.9. The second-order valence-corrected chi connectivity index (χ2v) is 6.99. The zero-order valence-electron chi connectivity index (χ0n) is 19.8. The van der Waals surface area contributed by atoms with Gasteiger partial charge < -0.3 is 25.8 Å². The number of amides is 2. The molecule has 1 aliphatic rings. The Balaban J connectivity index is 0.000000412. The van der Waals surface area contributed by atoms with E-state index in [1.165, 1.54) is 25.4 Å². The Bertz CT molecular complexity index is 866. The smallest absolute Gasteiger partial charge is 0.269 e. The van der Waals surface area contributed by atoms with Crippen LogP contribution in [-0.4, -0.2) is 49.2 Å². The molecule has 1 aliphatic heterocycles. The lowest BCUT2D eigenvalue weighted by atomic mass is 10.2. The number of methoxy groups -OCH3 is 1. The molecule has 1 aromatic carbocycles. The van der Waals surface area contributed by atoms with Crippen molar-refractivity contribution in [1.82, 2.24) is 10.3 Å². The van der Waals surface area contributed by atoms with Crippen molar-refractivity contribution in [2.24, 2.45) is 5.73 Å². The van der Waals surface area contributed by atoms with Crippen LogP contribution in [0, 0.1) is 5.82 Å². The summed E-state index contributed by atoms with van der Waals surface area (Å²) in [5.41, 5.74) is 6.17. The molecule has 0 aliphatic carbocycles. The van der Waals surface area contributed by atoms with Gasteiger partial charge in [0.15, 0.2) is 0 Å². The molecule has 4 N–H and O–H groups in total. The average Bonchev–Trinajstić information content (AvgIpc) is 3.27. The van der Waals surface area contributed by atoms with Crippen molar-refractivity contribution >= 4 is 17.5 Å². The second-order valence-electron chi connectivity index (χ2n) is 6.99. The zero-order chi connectivity index (χ0) is 24.6. The molecule has 0 saturated carbocycles. The summed E-state index contributed by atoms with van der Waals surface area (Å²) >= 11 is 0. The van der Waals surface area contributed by atoms with Gasteiger partial charge in [-0.2, -0.15) is 0 Å². The minimum atomic E-state index is -0.426. The van der Waals surface area contributed by atoms with E-state index in [9.17, 15) is 14.0 Å². The van der Waals surface area contributed by atoms with E-state index >= 15 is 0 Å². The number of anilines is 1. The topological polar surface area (TPSA) is 116 Å². The Morgan fingerprint density at radius 3 is 2.58 bits per heavy atom. The number of carbonyl (C=O) groups is 2. The lowest BCUT2D eigenvalue weighted by Crippen LogP contribution is -2.29. The molecule has 1 aromatic heterocycles. The summed E-state index contributed by atoms with van der Waals surface area (Å²) in [6, 6.07) is 9.21. The number of ether oxygens (including phenoxy) is 2. The highest BCUT2D eigenvalue weighted by molar-refractivity contribution is 5.97. The highest BCUT2D eigenvalue weighted by Gasteiger charge is 2.28. The molecular formula is C24H35FN4O4. The van der Waals surface area contributed by atoms with Gasteiger partial charge in [-0.15, -0.1) is 0 Å². The predicted octanol–water partition coefficient (Wildman–Crippen LogP) is 3.53. The van der Waals surface area contributed by atoms with Crippen LogP contribution in [0.15, 0.2) is 42.6 Å². The van der Waals surface area contributed by atoms with E-state index in [4.69, 9.17) is 15.2 Å². The predicted molar refractivity (Wildman–Crippen MR) is 127 cm³/mol. The highest BCUT2D eigenvalue weighted by atomic mass is 19.1. The van der Waals surface area contributed by atoms with Gasteiger partial charge in [-0.1, -0.05) is 19.9 Å². The van der Waals surface area contributed by atoms with Crippen LogP contribution in [0.1, 0.15) is 50.5 Å². The average molecular weight is 463 g/mol. The van der Waals surface area contributed by atoms with Crippen LogP contribution in [0.4, 0.5) is 10.1 Å². The fourth-order valence-corrected chi connectivity index (χ4v) is 2.84.